The lowest BCUT2D eigenvalue weighted by Crippen LogP contribution is -2.33. The lowest BCUT2D eigenvalue weighted by Gasteiger charge is -2.12. The lowest BCUT2D eigenvalue weighted by molar-refractivity contribution is -0.148. The van der Waals surface area contributed by atoms with Crippen LogP contribution in [0.4, 0.5) is 10.1 Å². The van der Waals surface area contributed by atoms with E-state index >= 15 is 0 Å². The first-order valence-electron chi connectivity index (χ1n) is 9.61. The Hall–Kier alpha value is -3.94. The van der Waals surface area contributed by atoms with Crippen molar-refractivity contribution < 1.29 is 18.7 Å². The standard InChI is InChI=1S/C23H23FN4O3/c1-15(25)23(16(2)26-17-7-4-3-5-8-17)27-21(29)14-31-22(30)13-28-12-11-18-19(24)9-6-10-20(18)28/h3-12H,13-14,25H2,1-2H3,(H,27,29). The summed E-state index contributed by atoms with van der Waals surface area (Å²) in [7, 11) is 0. The SMILES string of the molecule is CC(=Nc1ccccc1)C(NC(=O)COC(=O)Cn1ccc2c(F)cccc21)=C(C)N. The Morgan fingerprint density at radius 1 is 1.10 bits per heavy atom. The minimum atomic E-state index is -0.624. The number of allylic oxidation sites excluding steroid dienone is 2. The highest BCUT2D eigenvalue weighted by Gasteiger charge is 2.14. The number of rotatable bonds is 7. The molecule has 2 aromatic carbocycles. The van der Waals surface area contributed by atoms with Crippen LogP contribution in [0.3, 0.4) is 0 Å². The first-order valence-corrected chi connectivity index (χ1v) is 9.61. The first kappa shape index (κ1) is 21.8. The molecule has 1 heterocycles. The molecule has 0 saturated heterocycles. The molecule has 0 saturated carbocycles. The number of fused-ring (bicyclic) bond motifs is 1. The van der Waals surface area contributed by atoms with E-state index < -0.39 is 18.5 Å². The van der Waals surface area contributed by atoms with E-state index in [1.54, 1.807) is 42.8 Å². The van der Waals surface area contributed by atoms with Gasteiger partial charge >= 0.3 is 5.97 Å². The fourth-order valence-electron chi connectivity index (χ4n) is 3.06. The second-order valence-corrected chi connectivity index (χ2v) is 6.92. The van der Waals surface area contributed by atoms with Gasteiger partial charge in [-0.05, 0) is 44.2 Å². The van der Waals surface area contributed by atoms with Crippen molar-refractivity contribution in [3.05, 3.63) is 78.0 Å². The number of esters is 1. The van der Waals surface area contributed by atoms with Crippen LogP contribution in [0.15, 0.2) is 77.2 Å². The van der Waals surface area contributed by atoms with E-state index in [9.17, 15) is 14.0 Å². The molecule has 0 aliphatic rings. The predicted octanol–water partition coefficient (Wildman–Crippen LogP) is 3.42. The van der Waals surface area contributed by atoms with E-state index in [-0.39, 0.29) is 12.4 Å². The van der Waals surface area contributed by atoms with Crippen LogP contribution in [0.25, 0.3) is 10.9 Å². The number of halogens is 1. The number of nitrogens with one attached hydrogen (secondary N) is 1. The molecule has 8 heteroatoms. The highest BCUT2D eigenvalue weighted by Crippen LogP contribution is 2.19. The number of hydrogen-bond donors (Lipinski definition) is 2. The molecule has 7 nitrogen and oxygen atoms in total. The molecule has 0 radical (unpaired) electrons. The summed E-state index contributed by atoms with van der Waals surface area (Å²) in [5, 5.41) is 3.05. The first-order chi connectivity index (χ1) is 14.8. The summed E-state index contributed by atoms with van der Waals surface area (Å²) in [6.45, 7) is 2.73. The molecule has 0 aliphatic heterocycles. The largest absolute Gasteiger partial charge is 0.454 e. The lowest BCUT2D eigenvalue weighted by atomic mass is 10.2. The highest BCUT2D eigenvalue weighted by molar-refractivity contribution is 6.03. The number of carbonyl (C=O) groups is 2. The van der Waals surface area contributed by atoms with Crippen molar-refractivity contribution >= 4 is 34.2 Å². The third-order valence-electron chi connectivity index (χ3n) is 4.50. The van der Waals surface area contributed by atoms with Gasteiger partial charge < -0.3 is 20.4 Å². The van der Waals surface area contributed by atoms with Crippen molar-refractivity contribution in [2.75, 3.05) is 6.61 Å². The van der Waals surface area contributed by atoms with Crippen LogP contribution in [-0.4, -0.2) is 28.8 Å². The summed E-state index contributed by atoms with van der Waals surface area (Å²) in [5.74, 6) is -1.53. The van der Waals surface area contributed by atoms with E-state index in [0.29, 0.717) is 28.0 Å². The Bertz CT molecular complexity index is 1160. The Kier molecular flexibility index (Phi) is 6.81. The Morgan fingerprint density at radius 3 is 2.55 bits per heavy atom. The summed E-state index contributed by atoms with van der Waals surface area (Å²) >= 11 is 0. The van der Waals surface area contributed by atoms with Crippen molar-refractivity contribution in [3.63, 3.8) is 0 Å². The summed E-state index contributed by atoms with van der Waals surface area (Å²) in [6.07, 6.45) is 1.59. The minimum absolute atomic E-state index is 0.145. The van der Waals surface area contributed by atoms with Crippen LogP contribution in [0.5, 0.6) is 0 Å². The van der Waals surface area contributed by atoms with E-state index in [0.717, 1.165) is 5.69 Å². The molecule has 3 aromatic rings. The van der Waals surface area contributed by atoms with Crippen molar-refractivity contribution in [1.29, 1.82) is 0 Å². The zero-order valence-corrected chi connectivity index (χ0v) is 17.3. The number of benzene rings is 2. The van der Waals surface area contributed by atoms with E-state index in [1.807, 2.05) is 30.3 Å². The van der Waals surface area contributed by atoms with Gasteiger partial charge in [0.25, 0.3) is 5.91 Å². The molecule has 31 heavy (non-hydrogen) atoms. The zero-order valence-electron chi connectivity index (χ0n) is 17.3. The number of amides is 1. The normalized spacial score (nSPS) is 12.4. The van der Waals surface area contributed by atoms with Crippen molar-refractivity contribution in [2.45, 2.75) is 20.4 Å². The number of nitrogens with zero attached hydrogens (tertiary/aromatic N) is 2. The number of ether oxygens (including phenoxy) is 1. The highest BCUT2D eigenvalue weighted by atomic mass is 19.1. The van der Waals surface area contributed by atoms with E-state index in [1.165, 1.54) is 6.07 Å². The molecule has 0 bridgehead atoms. The zero-order chi connectivity index (χ0) is 22.4. The van der Waals surface area contributed by atoms with Crippen LogP contribution < -0.4 is 11.1 Å². The smallest absolute Gasteiger partial charge is 0.326 e. The molecule has 0 fully saturated rings. The molecular formula is C23H23FN4O3. The molecule has 1 amide bonds. The Morgan fingerprint density at radius 2 is 1.84 bits per heavy atom. The predicted molar refractivity (Wildman–Crippen MR) is 117 cm³/mol. The molecular weight excluding hydrogens is 399 g/mol. The molecule has 1 aromatic heterocycles. The van der Waals surface area contributed by atoms with Gasteiger partial charge in [-0.15, -0.1) is 0 Å². The van der Waals surface area contributed by atoms with Gasteiger partial charge in [-0.1, -0.05) is 24.3 Å². The monoisotopic (exact) mass is 422 g/mol. The van der Waals surface area contributed by atoms with Gasteiger partial charge in [-0.3, -0.25) is 14.6 Å². The maximum atomic E-state index is 13.8. The molecule has 3 N–H and O–H groups in total. The molecule has 0 unspecified atom stereocenters. The third-order valence-corrected chi connectivity index (χ3v) is 4.50. The van der Waals surface area contributed by atoms with Gasteiger partial charge in [0.05, 0.1) is 22.6 Å². The molecule has 160 valence electrons. The van der Waals surface area contributed by atoms with Gasteiger partial charge in [-0.2, -0.15) is 0 Å². The maximum absolute atomic E-state index is 13.8. The number of hydrogen-bond acceptors (Lipinski definition) is 5. The summed E-state index contributed by atoms with van der Waals surface area (Å²) in [4.78, 5) is 28.9. The average Bonchev–Trinajstić information content (AvgIpc) is 3.15. The van der Waals surface area contributed by atoms with Gasteiger partial charge in [-0.25, -0.2) is 4.39 Å². The fourth-order valence-corrected chi connectivity index (χ4v) is 3.06. The number of aliphatic imine (C=N–C) groups is 1. The van der Waals surface area contributed by atoms with Crippen molar-refractivity contribution in [2.24, 2.45) is 10.7 Å². The Balaban J connectivity index is 1.59. The van der Waals surface area contributed by atoms with Crippen LogP contribution in [0.2, 0.25) is 0 Å². The van der Waals surface area contributed by atoms with Gasteiger partial charge in [0.2, 0.25) is 0 Å². The van der Waals surface area contributed by atoms with Crippen LogP contribution in [0.1, 0.15) is 13.8 Å². The summed E-state index contributed by atoms with van der Waals surface area (Å²) in [6, 6.07) is 15.4. The van der Waals surface area contributed by atoms with Crippen LogP contribution in [-0.2, 0) is 20.9 Å². The van der Waals surface area contributed by atoms with E-state index in [2.05, 4.69) is 10.3 Å². The minimum Gasteiger partial charge on any atom is -0.454 e. The van der Waals surface area contributed by atoms with E-state index in [4.69, 9.17) is 10.5 Å². The number of aromatic nitrogens is 1. The molecule has 0 spiro atoms. The Labute approximate surface area is 179 Å². The van der Waals surface area contributed by atoms with Gasteiger partial charge in [0.15, 0.2) is 6.61 Å². The number of nitrogens with two attached hydrogens (primary N) is 1. The molecule has 0 atom stereocenters. The third kappa shape index (κ3) is 5.57. The number of para-hydroxylation sites is 1. The summed E-state index contributed by atoms with van der Waals surface area (Å²) in [5.41, 5.74) is 8.43. The fraction of sp³-hybridized carbons (Fsp3) is 0.174. The van der Waals surface area contributed by atoms with Crippen molar-refractivity contribution in [1.82, 2.24) is 9.88 Å². The maximum Gasteiger partial charge on any atom is 0.326 e. The average molecular weight is 422 g/mol. The second-order valence-electron chi connectivity index (χ2n) is 6.92. The molecule has 3 rings (SSSR count). The van der Waals surface area contributed by atoms with Gasteiger partial charge in [0, 0.05) is 17.3 Å². The van der Waals surface area contributed by atoms with Crippen LogP contribution >= 0.6 is 0 Å². The van der Waals surface area contributed by atoms with Crippen molar-refractivity contribution in [3.8, 4) is 0 Å². The van der Waals surface area contributed by atoms with Crippen LogP contribution in [0, 0.1) is 5.82 Å². The number of carbonyl (C=O) groups excluding carboxylic acids is 2. The summed E-state index contributed by atoms with van der Waals surface area (Å²) < 4.78 is 20.4. The molecule has 0 aliphatic carbocycles. The second kappa shape index (κ2) is 9.71. The quantitative estimate of drug-likeness (QED) is 0.450. The topological polar surface area (TPSA) is 98.7 Å². The van der Waals surface area contributed by atoms with Gasteiger partial charge in [0.1, 0.15) is 12.4 Å².